The molecule has 2 aromatic heterocycles. The van der Waals surface area contributed by atoms with Gasteiger partial charge in [-0.3, -0.25) is 0 Å². The maximum Gasteiger partial charge on any atom is 0.0958 e. The fourth-order valence-electron chi connectivity index (χ4n) is 2.05. The smallest absolute Gasteiger partial charge is 0.0958 e. The number of nitrogens with zero attached hydrogens (tertiary/aromatic N) is 2. The number of thiophene rings is 1. The van der Waals surface area contributed by atoms with E-state index < -0.39 is 0 Å². The number of benzene rings is 1. The van der Waals surface area contributed by atoms with Crippen molar-refractivity contribution in [2.45, 2.75) is 13.1 Å². The second-order valence-corrected chi connectivity index (χ2v) is 6.11. The van der Waals surface area contributed by atoms with Crippen LogP contribution in [-0.4, -0.2) is 16.1 Å². The highest BCUT2D eigenvalue weighted by Crippen LogP contribution is 2.20. The first-order valence-electron chi connectivity index (χ1n) is 6.18. The van der Waals surface area contributed by atoms with Crippen molar-refractivity contribution in [3.8, 4) is 0 Å². The molecule has 0 saturated carbocycles. The van der Waals surface area contributed by atoms with Crippen molar-refractivity contribution in [3.05, 3.63) is 51.9 Å². The van der Waals surface area contributed by atoms with Gasteiger partial charge >= 0.3 is 0 Å². The molecule has 0 fully saturated rings. The number of imidazole rings is 1. The molecular weight excluding hydrogens is 278 g/mol. The normalized spacial score (nSPS) is 11.2. The largest absolute Gasteiger partial charge is 0.329 e. The van der Waals surface area contributed by atoms with Gasteiger partial charge in [-0.1, -0.05) is 23.7 Å². The van der Waals surface area contributed by atoms with Crippen LogP contribution in [0.1, 0.15) is 4.88 Å². The molecule has 2 heterocycles. The van der Waals surface area contributed by atoms with E-state index in [2.05, 4.69) is 27.0 Å². The Labute approximate surface area is 120 Å². The van der Waals surface area contributed by atoms with Gasteiger partial charge in [0, 0.05) is 24.5 Å². The minimum atomic E-state index is 0.845. The highest BCUT2D eigenvalue weighted by molar-refractivity contribution is 7.16. The van der Waals surface area contributed by atoms with Crippen LogP contribution < -0.4 is 5.32 Å². The summed E-state index contributed by atoms with van der Waals surface area (Å²) in [6.45, 7) is 2.69. The van der Waals surface area contributed by atoms with Gasteiger partial charge in [-0.15, -0.1) is 11.3 Å². The first-order chi connectivity index (χ1) is 9.33. The molecule has 0 radical (unpaired) electrons. The van der Waals surface area contributed by atoms with Gasteiger partial charge in [-0.05, 0) is 24.3 Å². The molecule has 19 heavy (non-hydrogen) atoms. The Kier molecular flexibility index (Phi) is 3.82. The van der Waals surface area contributed by atoms with Gasteiger partial charge in [0.25, 0.3) is 0 Å². The maximum absolute atomic E-state index is 5.90. The first-order valence-corrected chi connectivity index (χ1v) is 7.37. The number of rotatable bonds is 5. The lowest BCUT2D eigenvalue weighted by atomic mass is 10.3. The topological polar surface area (TPSA) is 29.9 Å². The van der Waals surface area contributed by atoms with Gasteiger partial charge in [-0.25, -0.2) is 4.98 Å². The van der Waals surface area contributed by atoms with Crippen LogP contribution in [0.15, 0.2) is 42.7 Å². The van der Waals surface area contributed by atoms with E-state index >= 15 is 0 Å². The van der Waals surface area contributed by atoms with Crippen LogP contribution in [0.2, 0.25) is 4.34 Å². The fraction of sp³-hybridized carbons (Fsp3) is 0.214. The van der Waals surface area contributed by atoms with E-state index in [1.165, 1.54) is 10.4 Å². The van der Waals surface area contributed by atoms with Gasteiger partial charge < -0.3 is 9.88 Å². The first kappa shape index (κ1) is 12.7. The van der Waals surface area contributed by atoms with E-state index in [9.17, 15) is 0 Å². The minimum Gasteiger partial charge on any atom is -0.329 e. The van der Waals surface area contributed by atoms with Crippen molar-refractivity contribution in [1.82, 2.24) is 14.9 Å². The molecule has 0 amide bonds. The van der Waals surface area contributed by atoms with Crippen LogP contribution >= 0.6 is 22.9 Å². The molecule has 0 bridgehead atoms. The minimum absolute atomic E-state index is 0.845. The second kappa shape index (κ2) is 5.74. The molecule has 98 valence electrons. The average molecular weight is 292 g/mol. The van der Waals surface area contributed by atoms with E-state index in [1.54, 1.807) is 11.3 Å². The Balaban J connectivity index is 1.55. The molecule has 1 aromatic carbocycles. The van der Waals surface area contributed by atoms with Crippen molar-refractivity contribution < 1.29 is 0 Å². The van der Waals surface area contributed by atoms with Gasteiger partial charge in [0.2, 0.25) is 0 Å². The van der Waals surface area contributed by atoms with Gasteiger partial charge in [0.15, 0.2) is 0 Å². The van der Waals surface area contributed by atoms with Crippen molar-refractivity contribution in [3.63, 3.8) is 0 Å². The number of aromatic nitrogens is 2. The molecule has 3 aromatic rings. The van der Waals surface area contributed by atoms with E-state index in [4.69, 9.17) is 11.6 Å². The molecule has 0 aliphatic carbocycles. The summed E-state index contributed by atoms with van der Waals surface area (Å²) < 4.78 is 3.02. The van der Waals surface area contributed by atoms with E-state index in [0.717, 1.165) is 29.5 Å². The van der Waals surface area contributed by atoms with Crippen LogP contribution in [-0.2, 0) is 13.1 Å². The molecule has 1 N–H and O–H groups in total. The van der Waals surface area contributed by atoms with Crippen molar-refractivity contribution in [1.29, 1.82) is 0 Å². The quantitative estimate of drug-likeness (QED) is 0.729. The van der Waals surface area contributed by atoms with E-state index in [1.807, 2.05) is 30.6 Å². The predicted molar refractivity (Wildman–Crippen MR) is 80.8 cm³/mol. The zero-order valence-corrected chi connectivity index (χ0v) is 11.9. The lowest BCUT2D eigenvalue weighted by Gasteiger charge is -2.05. The summed E-state index contributed by atoms with van der Waals surface area (Å²) in [5.41, 5.74) is 2.23. The van der Waals surface area contributed by atoms with Gasteiger partial charge in [0.1, 0.15) is 0 Å². The lowest BCUT2D eigenvalue weighted by Crippen LogP contribution is -2.18. The van der Waals surface area contributed by atoms with Gasteiger partial charge in [0.05, 0.1) is 21.7 Å². The van der Waals surface area contributed by atoms with Gasteiger partial charge in [-0.2, -0.15) is 0 Å². The van der Waals surface area contributed by atoms with Crippen LogP contribution in [0, 0.1) is 0 Å². The zero-order chi connectivity index (χ0) is 13.1. The molecular formula is C14H14ClN3S. The molecule has 0 spiro atoms. The van der Waals surface area contributed by atoms with Crippen LogP contribution in [0.3, 0.4) is 0 Å². The number of hydrogen-bond donors (Lipinski definition) is 1. The standard InChI is InChI=1S/C14H14ClN3S/c15-14-6-5-11(19-14)9-16-7-8-18-10-17-12-3-1-2-4-13(12)18/h1-6,10,16H,7-9H2. The third kappa shape index (κ3) is 2.97. The second-order valence-electron chi connectivity index (χ2n) is 4.31. The Morgan fingerprint density at radius 3 is 2.95 bits per heavy atom. The molecule has 3 nitrogen and oxygen atoms in total. The number of hydrogen-bond acceptors (Lipinski definition) is 3. The Morgan fingerprint density at radius 1 is 1.21 bits per heavy atom. The molecule has 5 heteroatoms. The van der Waals surface area contributed by atoms with E-state index in [0.29, 0.717) is 0 Å². The maximum atomic E-state index is 5.90. The number of fused-ring (bicyclic) bond motifs is 1. The molecule has 0 aliphatic rings. The third-order valence-corrected chi connectivity index (χ3v) is 4.22. The third-order valence-electron chi connectivity index (χ3n) is 2.98. The summed E-state index contributed by atoms with van der Waals surface area (Å²) in [6.07, 6.45) is 1.90. The molecule has 0 unspecified atom stereocenters. The Hall–Kier alpha value is -1.36. The number of halogens is 1. The molecule has 0 atom stereocenters. The van der Waals surface area contributed by atoms with Crippen molar-refractivity contribution in [2.75, 3.05) is 6.54 Å². The SMILES string of the molecule is Clc1ccc(CNCCn2cnc3ccccc32)s1. The Morgan fingerprint density at radius 2 is 2.11 bits per heavy atom. The molecule has 3 rings (SSSR count). The number of para-hydroxylation sites is 2. The zero-order valence-electron chi connectivity index (χ0n) is 10.3. The predicted octanol–water partition coefficient (Wildman–Crippen LogP) is 3.54. The van der Waals surface area contributed by atoms with Crippen LogP contribution in [0.5, 0.6) is 0 Å². The highest BCUT2D eigenvalue weighted by Gasteiger charge is 2.01. The van der Waals surface area contributed by atoms with Crippen molar-refractivity contribution >= 4 is 34.0 Å². The van der Waals surface area contributed by atoms with Crippen molar-refractivity contribution in [2.24, 2.45) is 0 Å². The molecule has 0 aliphatic heterocycles. The average Bonchev–Trinajstić information content (AvgIpc) is 3.02. The summed E-state index contributed by atoms with van der Waals surface area (Å²) in [5, 5.41) is 3.42. The summed E-state index contributed by atoms with van der Waals surface area (Å²) in [6, 6.07) is 12.2. The summed E-state index contributed by atoms with van der Waals surface area (Å²) in [5.74, 6) is 0. The summed E-state index contributed by atoms with van der Waals surface area (Å²) >= 11 is 7.52. The Bertz CT molecular complexity index is 674. The van der Waals surface area contributed by atoms with E-state index in [-0.39, 0.29) is 0 Å². The van der Waals surface area contributed by atoms with Crippen LogP contribution in [0.25, 0.3) is 11.0 Å². The molecule has 0 saturated heterocycles. The van der Waals surface area contributed by atoms with Crippen LogP contribution in [0.4, 0.5) is 0 Å². The highest BCUT2D eigenvalue weighted by atomic mass is 35.5. The monoisotopic (exact) mass is 291 g/mol. The lowest BCUT2D eigenvalue weighted by molar-refractivity contribution is 0.610. The summed E-state index contributed by atoms with van der Waals surface area (Å²) in [4.78, 5) is 5.64. The summed E-state index contributed by atoms with van der Waals surface area (Å²) in [7, 11) is 0. The fourth-order valence-corrected chi connectivity index (χ4v) is 3.10. The number of nitrogens with one attached hydrogen (secondary N) is 1.